The minimum Gasteiger partial charge on any atom is -0.0616 e. The van der Waals surface area contributed by atoms with Gasteiger partial charge in [0.2, 0.25) is 0 Å². The van der Waals surface area contributed by atoms with E-state index in [0.717, 1.165) is 0 Å². The third-order valence-electron chi connectivity index (χ3n) is 12.6. The molecule has 0 aliphatic carbocycles. The standard InChI is InChI=1S/C61H44/c1-40(2)47-16-11-17-53(36-47)60-55-18-7-9-20-57(55)61(58-21-10-8-19-56(58)60)59-39-52(45-24-22-43(23-25-45)50-32-28-41-12-3-5-14-48(41)37-50)34-35-54(59)46-30-26-44(27-31-46)51-33-29-42-13-4-6-15-49(42)38-51/h3-40H,1-2H3. The lowest BCUT2D eigenvalue weighted by molar-refractivity contribution is 0.867. The molecule has 0 fully saturated rings. The molecule has 0 nitrogen and oxygen atoms in total. The monoisotopic (exact) mass is 776 g/mol. The lowest BCUT2D eigenvalue weighted by Crippen LogP contribution is -1.94. The Labute approximate surface area is 358 Å². The number of benzene rings is 11. The van der Waals surface area contributed by atoms with Gasteiger partial charge in [0, 0.05) is 0 Å². The molecule has 0 N–H and O–H groups in total. The Morgan fingerprint density at radius 3 is 1.16 bits per heavy atom. The molecule has 0 saturated carbocycles. The van der Waals surface area contributed by atoms with Crippen LogP contribution in [0.1, 0.15) is 25.3 Å². The lowest BCUT2D eigenvalue weighted by atomic mass is 9.82. The van der Waals surface area contributed by atoms with E-state index < -0.39 is 0 Å². The van der Waals surface area contributed by atoms with Crippen LogP contribution >= 0.6 is 0 Å². The average Bonchev–Trinajstić information content (AvgIpc) is 3.33. The van der Waals surface area contributed by atoms with Crippen molar-refractivity contribution < 1.29 is 0 Å². The molecule has 0 atom stereocenters. The summed E-state index contributed by atoms with van der Waals surface area (Å²) in [4.78, 5) is 0. The van der Waals surface area contributed by atoms with Gasteiger partial charge in [0.05, 0.1) is 0 Å². The van der Waals surface area contributed by atoms with Gasteiger partial charge < -0.3 is 0 Å². The SMILES string of the molecule is CC(C)c1cccc(-c2c3ccccc3c(-c3cc(-c4ccc(-c5ccc6ccccc6c5)cc4)ccc3-c3ccc(-c4ccc5ccccc5c4)cc3)c3ccccc23)c1. The molecule has 0 saturated heterocycles. The fourth-order valence-corrected chi connectivity index (χ4v) is 9.40. The Morgan fingerprint density at radius 1 is 0.246 bits per heavy atom. The molecule has 0 aliphatic rings. The highest BCUT2D eigenvalue weighted by Crippen LogP contribution is 2.47. The largest absolute Gasteiger partial charge is 0.0616 e. The van der Waals surface area contributed by atoms with Gasteiger partial charge in [-0.15, -0.1) is 0 Å². The maximum Gasteiger partial charge on any atom is -0.00199 e. The molecule has 0 aromatic heterocycles. The molecule has 11 rings (SSSR count). The van der Waals surface area contributed by atoms with Gasteiger partial charge in [-0.2, -0.15) is 0 Å². The Kier molecular flexibility index (Phi) is 9.13. The summed E-state index contributed by atoms with van der Waals surface area (Å²) in [5, 5.41) is 10.1. The molecule has 0 aliphatic heterocycles. The number of rotatable bonds is 7. The number of fused-ring (bicyclic) bond motifs is 4. The van der Waals surface area contributed by atoms with E-state index in [1.54, 1.807) is 0 Å². The van der Waals surface area contributed by atoms with Crippen molar-refractivity contribution in [2.45, 2.75) is 19.8 Å². The minimum absolute atomic E-state index is 0.441. The van der Waals surface area contributed by atoms with E-state index in [1.165, 1.54) is 115 Å². The predicted octanol–water partition coefficient (Wildman–Crippen LogP) is 17.4. The van der Waals surface area contributed by atoms with E-state index in [0.29, 0.717) is 5.92 Å². The Hall–Kier alpha value is -7.54. The highest BCUT2D eigenvalue weighted by atomic mass is 14.2. The second-order valence-electron chi connectivity index (χ2n) is 16.7. The van der Waals surface area contributed by atoms with Crippen molar-refractivity contribution in [2.75, 3.05) is 0 Å². The van der Waals surface area contributed by atoms with Crippen molar-refractivity contribution in [3.63, 3.8) is 0 Å². The van der Waals surface area contributed by atoms with Gasteiger partial charge in [0.1, 0.15) is 0 Å². The first-order valence-corrected chi connectivity index (χ1v) is 21.4. The van der Waals surface area contributed by atoms with Crippen LogP contribution in [0.2, 0.25) is 0 Å². The van der Waals surface area contributed by atoms with E-state index in [2.05, 4.69) is 238 Å². The Morgan fingerprint density at radius 2 is 0.656 bits per heavy atom. The van der Waals surface area contributed by atoms with Crippen molar-refractivity contribution in [1.29, 1.82) is 0 Å². The quantitative estimate of drug-likeness (QED) is 0.141. The summed E-state index contributed by atoms with van der Waals surface area (Å²) in [5.74, 6) is 0.441. The van der Waals surface area contributed by atoms with Crippen LogP contribution in [0.3, 0.4) is 0 Å². The Balaban J connectivity index is 1.10. The van der Waals surface area contributed by atoms with Gasteiger partial charge in [-0.05, 0) is 140 Å². The topological polar surface area (TPSA) is 0 Å². The van der Waals surface area contributed by atoms with Gasteiger partial charge in [0.25, 0.3) is 0 Å². The summed E-state index contributed by atoms with van der Waals surface area (Å²) in [5.41, 5.74) is 16.1. The van der Waals surface area contributed by atoms with Crippen LogP contribution in [-0.2, 0) is 0 Å². The van der Waals surface area contributed by atoms with Crippen molar-refractivity contribution >= 4 is 43.1 Å². The van der Waals surface area contributed by atoms with Crippen molar-refractivity contribution in [1.82, 2.24) is 0 Å². The number of hydrogen-bond acceptors (Lipinski definition) is 0. The van der Waals surface area contributed by atoms with Crippen molar-refractivity contribution in [3.05, 3.63) is 230 Å². The fraction of sp³-hybridized carbons (Fsp3) is 0.0492. The van der Waals surface area contributed by atoms with Crippen molar-refractivity contribution in [2.24, 2.45) is 0 Å². The van der Waals surface area contributed by atoms with Crippen molar-refractivity contribution in [3.8, 4) is 66.8 Å². The van der Waals surface area contributed by atoms with Crippen LogP contribution in [-0.4, -0.2) is 0 Å². The summed E-state index contributed by atoms with van der Waals surface area (Å²) < 4.78 is 0. The number of hydrogen-bond donors (Lipinski definition) is 0. The van der Waals surface area contributed by atoms with Gasteiger partial charge in [-0.1, -0.05) is 220 Å². The molecule has 61 heavy (non-hydrogen) atoms. The molecular weight excluding hydrogens is 733 g/mol. The van der Waals surface area contributed by atoms with E-state index in [-0.39, 0.29) is 0 Å². The van der Waals surface area contributed by atoms with Gasteiger partial charge >= 0.3 is 0 Å². The summed E-state index contributed by atoms with van der Waals surface area (Å²) in [7, 11) is 0. The molecule has 0 heteroatoms. The normalized spacial score (nSPS) is 11.6. The minimum atomic E-state index is 0.441. The molecule has 288 valence electrons. The summed E-state index contributed by atoms with van der Waals surface area (Å²) in [6, 6.07) is 83.2. The molecule has 0 bridgehead atoms. The molecule has 0 unspecified atom stereocenters. The maximum atomic E-state index is 2.44. The molecule has 11 aromatic rings. The van der Waals surface area contributed by atoms with E-state index >= 15 is 0 Å². The highest BCUT2D eigenvalue weighted by Gasteiger charge is 2.20. The van der Waals surface area contributed by atoms with Crippen LogP contribution in [0, 0.1) is 0 Å². The predicted molar refractivity (Wildman–Crippen MR) is 263 cm³/mol. The third-order valence-corrected chi connectivity index (χ3v) is 12.6. The first-order chi connectivity index (χ1) is 30.1. The first kappa shape index (κ1) is 36.5. The molecule has 0 radical (unpaired) electrons. The maximum absolute atomic E-state index is 2.44. The van der Waals surface area contributed by atoms with Crippen LogP contribution in [0.4, 0.5) is 0 Å². The zero-order valence-corrected chi connectivity index (χ0v) is 34.4. The average molecular weight is 777 g/mol. The Bertz CT molecular complexity index is 3360. The lowest BCUT2D eigenvalue weighted by Gasteiger charge is -2.21. The smallest absolute Gasteiger partial charge is 0.00199 e. The van der Waals surface area contributed by atoms with E-state index in [9.17, 15) is 0 Å². The molecule has 0 heterocycles. The molecular formula is C61H44. The van der Waals surface area contributed by atoms with E-state index in [1.807, 2.05) is 0 Å². The highest BCUT2D eigenvalue weighted by molar-refractivity contribution is 6.22. The first-order valence-electron chi connectivity index (χ1n) is 21.4. The summed E-state index contributed by atoms with van der Waals surface area (Å²) in [6.07, 6.45) is 0. The summed E-state index contributed by atoms with van der Waals surface area (Å²) in [6.45, 7) is 4.55. The third kappa shape index (κ3) is 6.68. The van der Waals surface area contributed by atoms with Gasteiger partial charge in [-0.3, -0.25) is 0 Å². The second-order valence-corrected chi connectivity index (χ2v) is 16.7. The van der Waals surface area contributed by atoms with E-state index in [4.69, 9.17) is 0 Å². The van der Waals surface area contributed by atoms with Crippen LogP contribution in [0.15, 0.2) is 224 Å². The fourth-order valence-electron chi connectivity index (χ4n) is 9.40. The molecule has 0 amide bonds. The molecule has 11 aromatic carbocycles. The van der Waals surface area contributed by atoms with Crippen LogP contribution < -0.4 is 0 Å². The second kappa shape index (κ2) is 15.2. The zero-order valence-electron chi connectivity index (χ0n) is 34.4. The molecule has 0 spiro atoms. The summed E-state index contributed by atoms with van der Waals surface area (Å²) >= 11 is 0. The van der Waals surface area contributed by atoms with Gasteiger partial charge in [0.15, 0.2) is 0 Å². The van der Waals surface area contributed by atoms with Crippen LogP contribution in [0.5, 0.6) is 0 Å². The van der Waals surface area contributed by atoms with Crippen LogP contribution in [0.25, 0.3) is 110 Å². The zero-order chi connectivity index (χ0) is 40.9. The van der Waals surface area contributed by atoms with Gasteiger partial charge in [-0.25, -0.2) is 0 Å².